The van der Waals surface area contributed by atoms with E-state index >= 15 is 0 Å². The van der Waals surface area contributed by atoms with Gasteiger partial charge in [0.25, 0.3) is 0 Å². The van der Waals surface area contributed by atoms with Crippen molar-refractivity contribution in [1.29, 1.82) is 0 Å². The molecule has 0 rings (SSSR count). The Morgan fingerprint density at radius 2 is 2.13 bits per heavy atom. The van der Waals surface area contributed by atoms with E-state index in [1.807, 2.05) is 0 Å². The number of methoxy groups -OCH3 is 1. The highest BCUT2D eigenvalue weighted by Crippen LogP contribution is 1.94. The van der Waals surface area contributed by atoms with Gasteiger partial charge in [0.2, 0.25) is 0 Å². The molecule has 0 fully saturated rings. The molecule has 0 aromatic carbocycles. The summed E-state index contributed by atoms with van der Waals surface area (Å²) in [6.07, 6.45) is 2.78. The monoisotopic (exact) mass is 219 g/mol. The van der Waals surface area contributed by atoms with Gasteiger partial charge in [-0.1, -0.05) is 6.92 Å². The maximum atomic E-state index is 8.86. The van der Waals surface area contributed by atoms with E-state index in [1.54, 1.807) is 7.11 Å². The fraction of sp³-hybridized carbons (Fsp3) is 1.00. The van der Waals surface area contributed by atoms with Crippen LogP contribution in [0.1, 0.15) is 26.2 Å². The molecular weight excluding hydrogens is 194 g/mol. The first kappa shape index (κ1) is 14.8. The molecule has 0 bridgehead atoms. The summed E-state index contributed by atoms with van der Waals surface area (Å²) in [6.45, 7) is 5.46. The Labute approximate surface area is 93.0 Å². The molecule has 0 saturated heterocycles. The number of aliphatic hydroxyl groups excluding tert-OH is 1. The van der Waals surface area contributed by atoms with E-state index in [-0.39, 0.29) is 12.6 Å². The molecule has 0 spiro atoms. The van der Waals surface area contributed by atoms with Crippen molar-refractivity contribution in [2.75, 3.05) is 40.1 Å². The molecule has 0 radical (unpaired) electrons. The van der Waals surface area contributed by atoms with Gasteiger partial charge in [-0.15, -0.1) is 0 Å². The van der Waals surface area contributed by atoms with Crippen molar-refractivity contribution in [3.8, 4) is 0 Å². The van der Waals surface area contributed by atoms with Gasteiger partial charge in [-0.2, -0.15) is 0 Å². The summed E-state index contributed by atoms with van der Waals surface area (Å²) >= 11 is 0. The van der Waals surface area contributed by atoms with Crippen LogP contribution in [-0.4, -0.2) is 51.2 Å². The maximum Gasteiger partial charge on any atom is 0.0620 e. The quantitative estimate of drug-likeness (QED) is 0.504. The normalized spacial score (nSPS) is 13.0. The highest BCUT2D eigenvalue weighted by atomic mass is 16.5. The molecule has 0 amide bonds. The summed E-state index contributed by atoms with van der Waals surface area (Å²) < 4.78 is 10.4. The third-order valence-electron chi connectivity index (χ3n) is 2.12. The number of hydrogen-bond acceptors (Lipinski definition) is 4. The van der Waals surface area contributed by atoms with Crippen molar-refractivity contribution in [3.63, 3.8) is 0 Å². The maximum absolute atomic E-state index is 8.86. The van der Waals surface area contributed by atoms with E-state index in [4.69, 9.17) is 14.6 Å². The van der Waals surface area contributed by atoms with Gasteiger partial charge in [-0.05, 0) is 25.8 Å². The second-order valence-electron chi connectivity index (χ2n) is 3.58. The lowest BCUT2D eigenvalue weighted by Gasteiger charge is -2.17. The van der Waals surface area contributed by atoms with Crippen LogP contribution >= 0.6 is 0 Å². The molecular formula is C11H25NO3. The van der Waals surface area contributed by atoms with Crippen LogP contribution in [0.15, 0.2) is 0 Å². The molecule has 15 heavy (non-hydrogen) atoms. The molecule has 4 heteroatoms. The second-order valence-corrected chi connectivity index (χ2v) is 3.58. The van der Waals surface area contributed by atoms with Crippen LogP contribution in [0, 0.1) is 0 Å². The van der Waals surface area contributed by atoms with Gasteiger partial charge in [0, 0.05) is 33.0 Å². The smallest absolute Gasteiger partial charge is 0.0620 e. The first-order valence-electron chi connectivity index (χ1n) is 5.76. The standard InChI is InChI=1S/C11H25NO3/c1-3-6-12-11(5-7-13)10-15-9-4-8-14-2/h11-13H,3-10H2,1-2H3. The van der Waals surface area contributed by atoms with E-state index in [1.165, 1.54) is 0 Å². The van der Waals surface area contributed by atoms with Crippen molar-refractivity contribution in [3.05, 3.63) is 0 Å². The Hall–Kier alpha value is -0.160. The van der Waals surface area contributed by atoms with Crippen LogP contribution in [0.25, 0.3) is 0 Å². The number of hydrogen-bond donors (Lipinski definition) is 2. The lowest BCUT2D eigenvalue weighted by molar-refractivity contribution is 0.0814. The molecule has 0 aromatic heterocycles. The third kappa shape index (κ3) is 10.1. The number of aliphatic hydroxyl groups is 1. The van der Waals surface area contributed by atoms with Crippen LogP contribution in [0.2, 0.25) is 0 Å². The molecule has 0 heterocycles. The Balaban J connectivity index is 3.38. The van der Waals surface area contributed by atoms with Gasteiger partial charge in [0.05, 0.1) is 6.61 Å². The second kappa shape index (κ2) is 11.9. The highest BCUT2D eigenvalue weighted by Gasteiger charge is 2.06. The van der Waals surface area contributed by atoms with Crippen molar-refractivity contribution in [1.82, 2.24) is 5.32 Å². The van der Waals surface area contributed by atoms with Crippen molar-refractivity contribution < 1.29 is 14.6 Å². The SMILES string of the molecule is CCCNC(CCO)COCCCOC. The van der Waals surface area contributed by atoms with Gasteiger partial charge in [-0.25, -0.2) is 0 Å². The molecule has 4 nitrogen and oxygen atoms in total. The minimum atomic E-state index is 0.211. The molecule has 0 aliphatic carbocycles. The van der Waals surface area contributed by atoms with E-state index < -0.39 is 0 Å². The third-order valence-corrected chi connectivity index (χ3v) is 2.12. The van der Waals surface area contributed by atoms with Gasteiger partial charge >= 0.3 is 0 Å². The fourth-order valence-electron chi connectivity index (χ4n) is 1.28. The molecule has 0 aliphatic rings. The zero-order chi connectivity index (χ0) is 11.4. The summed E-state index contributed by atoms with van der Waals surface area (Å²) in [5.41, 5.74) is 0. The molecule has 0 aromatic rings. The first-order valence-corrected chi connectivity index (χ1v) is 5.76. The lowest BCUT2D eigenvalue weighted by atomic mass is 10.2. The Morgan fingerprint density at radius 1 is 1.33 bits per heavy atom. The van der Waals surface area contributed by atoms with Gasteiger partial charge in [0.15, 0.2) is 0 Å². The summed E-state index contributed by atoms with van der Waals surface area (Å²) in [7, 11) is 1.69. The van der Waals surface area contributed by atoms with Crippen molar-refractivity contribution >= 4 is 0 Å². The van der Waals surface area contributed by atoms with E-state index in [9.17, 15) is 0 Å². The highest BCUT2D eigenvalue weighted by molar-refractivity contribution is 4.64. The van der Waals surface area contributed by atoms with Gasteiger partial charge in [0.1, 0.15) is 0 Å². The van der Waals surface area contributed by atoms with Crippen molar-refractivity contribution in [2.45, 2.75) is 32.2 Å². The predicted molar refractivity (Wildman–Crippen MR) is 61.1 cm³/mol. The van der Waals surface area contributed by atoms with Gasteiger partial charge < -0.3 is 19.9 Å². The Morgan fingerprint density at radius 3 is 2.73 bits per heavy atom. The number of nitrogens with one attached hydrogen (secondary N) is 1. The lowest BCUT2D eigenvalue weighted by Crippen LogP contribution is -2.35. The average Bonchev–Trinajstić information content (AvgIpc) is 2.25. The minimum absolute atomic E-state index is 0.211. The predicted octanol–water partition coefficient (Wildman–Crippen LogP) is 0.790. The van der Waals surface area contributed by atoms with Crippen LogP contribution in [0.3, 0.4) is 0 Å². The summed E-state index contributed by atoms with van der Waals surface area (Å²) in [6, 6.07) is 0.275. The number of ether oxygens (including phenoxy) is 2. The zero-order valence-electron chi connectivity index (χ0n) is 10.00. The molecule has 1 unspecified atom stereocenters. The Bertz CT molecular complexity index is 122. The molecule has 2 N–H and O–H groups in total. The van der Waals surface area contributed by atoms with Gasteiger partial charge in [-0.3, -0.25) is 0 Å². The average molecular weight is 219 g/mol. The zero-order valence-corrected chi connectivity index (χ0v) is 10.00. The molecule has 92 valence electrons. The molecule has 0 aliphatic heterocycles. The van der Waals surface area contributed by atoms with Crippen molar-refractivity contribution in [2.24, 2.45) is 0 Å². The fourth-order valence-corrected chi connectivity index (χ4v) is 1.28. The largest absolute Gasteiger partial charge is 0.396 e. The summed E-state index contributed by atoms with van der Waals surface area (Å²) in [5, 5.41) is 12.2. The molecule has 1 atom stereocenters. The van der Waals surface area contributed by atoms with E-state index in [2.05, 4.69) is 12.2 Å². The van der Waals surface area contributed by atoms with Crippen LogP contribution < -0.4 is 5.32 Å². The topological polar surface area (TPSA) is 50.7 Å². The van der Waals surface area contributed by atoms with E-state index in [0.29, 0.717) is 6.61 Å². The first-order chi connectivity index (χ1) is 7.35. The van der Waals surface area contributed by atoms with E-state index in [0.717, 1.165) is 39.0 Å². The molecule has 0 saturated carbocycles. The summed E-state index contributed by atoms with van der Waals surface area (Å²) in [4.78, 5) is 0. The summed E-state index contributed by atoms with van der Waals surface area (Å²) in [5.74, 6) is 0. The van der Waals surface area contributed by atoms with Crippen LogP contribution in [0.5, 0.6) is 0 Å². The van der Waals surface area contributed by atoms with Crippen LogP contribution in [0.4, 0.5) is 0 Å². The number of rotatable bonds is 11. The van der Waals surface area contributed by atoms with Crippen LogP contribution in [-0.2, 0) is 9.47 Å². The Kier molecular flexibility index (Phi) is 11.8. The minimum Gasteiger partial charge on any atom is -0.396 e.